The molecule has 3 nitrogen and oxygen atoms in total. The van der Waals surface area contributed by atoms with Crippen LogP contribution in [0.1, 0.15) is 29.0 Å². The molecule has 0 spiro atoms. The third-order valence-electron chi connectivity index (χ3n) is 2.78. The molecular weight excluding hydrogens is 319 g/mol. The Balaban J connectivity index is 2.19. The Morgan fingerprint density at radius 2 is 1.80 bits per heavy atom. The molecule has 0 fully saturated rings. The number of carbonyl (C=O) groups is 1. The van der Waals surface area contributed by atoms with Gasteiger partial charge in [0.15, 0.2) is 0 Å². The standard InChI is InChI=1S/C14H11Cl3N2O/c1-8(9-5-3-2-4-6-9)19-14(20)13-12(17)11(16)10(15)7-18-13/h2-8H,1H3,(H,19,20)/t8-/m1/s1. The summed E-state index contributed by atoms with van der Waals surface area (Å²) in [5.41, 5.74) is 1.04. The molecule has 1 N–H and O–H groups in total. The van der Waals surface area contributed by atoms with E-state index < -0.39 is 5.91 Å². The zero-order valence-corrected chi connectivity index (χ0v) is 12.8. The van der Waals surface area contributed by atoms with Crippen molar-refractivity contribution in [1.82, 2.24) is 10.3 Å². The summed E-state index contributed by atoms with van der Waals surface area (Å²) in [4.78, 5) is 16.1. The molecule has 1 aromatic carbocycles. The SMILES string of the molecule is C[C@@H](NC(=O)c1ncc(Cl)c(Cl)c1Cl)c1ccccc1. The minimum absolute atomic E-state index is 0.0527. The minimum Gasteiger partial charge on any atom is -0.344 e. The first kappa shape index (κ1) is 15.1. The van der Waals surface area contributed by atoms with Crippen molar-refractivity contribution in [3.63, 3.8) is 0 Å². The van der Waals surface area contributed by atoms with Gasteiger partial charge in [0, 0.05) is 6.20 Å². The molecule has 0 aliphatic carbocycles. The molecule has 0 unspecified atom stereocenters. The number of rotatable bonds is 3. The maximum Gasteiger partial charge on any atom is 0.271 e. The highest BCUT2D eigenvalue weighted by molar-refractivity contribution is 6.48. The van der Waals surface area contributed by atoms with E-state index in [-0.39, 0.29) is 26.8 Å². The summed E-state index contributed by atoms with van der Waals surface area (Å²) in [5, 5.41) is 3.20. The van der Waals surface area contributed by atoms with E-state index in [9.17, 15) is 4.79 Å². The van der Waals surface area contributed by atoms with Crippen molar-refractivity contribution < 1.29 is 4.79 Å². The number of amides is 1. The highest BCUT2D eigenvalue weighted by Crippen LogP contribution is 2.31. The van der Waals surface area contributed by atoms with Crippen LogP contribution in [0.25, 0.3) is 0 Å². The molecule has 1 atom stereocenters. The Labute approximate surface area is 131 Å². The van der Waals surface area contributed by atoms with Crippen LogP contribution in [0.5, 0.6) is 0 Å². The van der Waals surface area contributed by atoms with E-state index in [4.69, 9.17) is 34.8 Å². The van der Waals surface area contributed by atoms with E-state index in [0.29, 0.717) is 0 Å². The largest absolute Gasteiger partial charge is 0.344 e. The molecule has 1 heterocycles. The van der Waals surface area contributed by atoms with Crippen molar-refractivity contribution in [3.05, 3.63) is 62.9 Å². The molecule has 0 bridgehead atoms. The second-order valence-electron chi connectivity index (χ2n) is 4.19. The zero-order valence-electron chi connectivity index (χ0n) is 10.5. The number of carbonyl (C=O) groups excluding carboxylic acids is 1. The molecule has 2 aromatic rings. The number of nitrogens with one attached hydrogen (secondary N) is 1. The lowest BCUT2D eigenvalue weighted by atomic mass is 10.1. The predicted octanol–water partition coefficient (Wildman–Crippen LogP) is 4.53. The maximum absolute atomic E-state index is 12.2. The van der Waals surface area contributed by atoms with Gasteiger partial charge >= 0.3 is 0 Å². The first-order valence-electron chi connectivity index (χ1n) is 5.86. The summed E-state index contributed by atoms with van der Waals surface area (Å²) in [5.74, 6) is -0.398. The molecule has 1 amide bonds. The average molecular weight is 330 g/mol. The Morgan fingerprint density at radius 3 is 2.45 bits per heavy atom. The lowest BCUT2D eigenvalue weighted by Gasteiger charge is -2.14. The number of halogens is 3. The van der Waals surface area contributed by atoms with Crippen LogP contribution in [0.3, 0.4) is 0 Å². The van der Waals surface area contributed by atoms with Crippen LogP contribution in [0.15, 0.2) is 36.5 Å². The number of hydrogen-bond donors (Lipinski definition) is 1. The number of benzene rings is 1. The summed E-state index contributed by atoms with van der Waals surface area (Å²) in [6, 6.07) is 9.40. The highest BCUT2D eigenvalue weighted by atomic mass is 35.5. The van der Waals surface area contributed by atoms with E-state index in [1.54, 1.807) is 0 Å². The first-order valence-corrected chi connectivity index (χ1v) is 6.99. The van der Waals surface area contributed by atoms with Crippen LogP contribution in [-0.4, -0.2) is 10.9 Å². The van der Waals surface area contributed by atoms with Crippen LogP contribution in [0.4, 0.5) is 0 Å². The Morgan fingerprint density at radius 1 is 1.15 bits per heavy atom. The number of aromatic nitrogens is 1. The summed E-state index contributed by atoms with van der Waals surface area (Å²) in [7, 11) is 0. The van der Waals surface area contributed by atoms with Gasteiger partial charge in [-0.3, -0.25) is 4.79 Å². The molecule has 20 heavy (non-hydrogen) atoms. The summed E-state index contributed by atoms with van der Waals surface area (Å²) >= 11 is 17.7. The monoisotopic (exact) mass is 328 g/mol. The fraction of sp³-hybridized carbons (Fsp3) is 0.143. The fourth-order valence-electron chi connectivity index (χ4n) is 1.69. The van der Waals surface area contributed by atoms with Gasteiger partial charge in [0.1, 0.15) is 5.69 Å². The van der Waals surface area contributed by atoms with Crippen LogP contribution in [0.2, 0.25) is 15.1 Å². The number of nitrogens with zero attached hydrogens (tertiary/aromatic N) is 1. The Kier molecular flexibility index (Phi) is 4.86. The minimum atomic E-state index is -0.398. The normalized spacial score (nSPS) is 12.0. The molecule has 0 radical (unpaired) electrons. The summed E-state index contributed by atoms with van der Waals surface area (Å²) < 4.78 is 0. The van der Waals surface area contributed by atoms with Crippen LogP contribution in [0, 0.1) is 0 Å². The van der Waals surface area contributed by atoms with E-state index in [1.165, 1.54) is 6.20 Å². The van der Waals surface area contributed by atoms with Crippen LogP contribution < -0.4 is 5.32 Å². The Hall–Kier alpha value is -1.29. The molecule has 0 saturated carbocycles. The van der Waals surface area contributed by atoms with E-state index in [2.05, 4.69) is 10.3 Å². The van der Waals surface area contributed by atoms with Gasteiger partial charge in [0.25, 0.3) is 5.91 Å². The van der Waals surface area contributed by atoms with Crippen molar-refractivity contribution in [1.29, 1.82) is 0 Å². The third kappa shape index (κ3) is 3.23. The van der Waals surface area contributed by atoms with Gasteiger partial charge in [-0.1, -0.05) is 65.1 Å². The van der Waals surface area contributed by atoms with Crippen LogP contribution >= 0.6 is 34.8 Å². The molecule has 6 heteroatoms. The summed E-state index contributed by atoms with van der Waals surface area (Å²) in [6.45, 7) is 1.87. The number of hydrogen-bond acceptors (Lipinski definition) is 2. The lowest BCUT2D eigenvalue weighted by molar-refractivity contribution is 0.0935. The van der Waals surface area contributed by atoms with Crippen molar-refractivity contribution in [2.75, 3.05) is 0 Å². The van der Waals surface area contributed by atoms with Crippen molar-refractivity contribution in [3.8, 4) is 0 Å². The molecule has 1 aromatic heterocycles. The van der Waals surface area contributed by atoms with Crippen molar-refractivity contribution in [2.45, 2.75) is 13.0 Å². The van der Waals surface area contributed by atoms with Crippen molar-refractivity contribution >= 4 is 40.7 Å². The predicted molar refractivity (Wildman–Crippen MR) is 81.6 cm³/mol. The molecule has 0 aliphatic heterocycles. The van der Waals surface area contributed by atoms with E-state index in [0.717, 1.165) is 5.56 Å². The lowest BCUT2D eigenvalue weighted by Crippen LogP contribution is -2.27. The molecule has 2 rings (SSSR count). The maximum atomic E-state index is 12.2. The Bertz CT molecular complexity index is 632. The topological polar surface area (TPSA) is 42.0 Å². The first-order chi connectivity index (χ1) is 9.50. The second-order valence-corrected chi connectivity index (χ2v) is 5.35. The van der Waals surface area contributed by atoms with Gasteiger partial charge in [-0.15, -0.1) is 0 Å². The molecule has 0 saturated heterocycles. The van der Waals surface area contributed by atoms with Gasteiger partial charge < -0.3 is 5.32 Å². The van der Waals surface area contributed by atoms with E-state index in [1.807, 2.05) is 37.3 Å². The quantitative estimate of drug-likeness (QED) is 0.898. The van der Waals surface area contributed by atoms with Crippen LogP contribution in [-0.2, 0) is 0 Å². The van der Waals surface area contributed by atoms with Gasteiger partial charge in [-0.05, 0) is 12.5 Å². The van der Waals surface area contributed by atoms with Gasteiger partial charge in [-0.2, -0.15) is 0 Å². The fourth-order valence-corrected chi connectivity index (χ4v) is 2.26. The second kappa shape index (κ2) is 6.44. The van der Waals surface area contributed by atoms with Gasteiger partial charge in [-0.25, -0.2) is 4.98 Å². The number of pyridine rings is 1. The summed E-state index contributed by atoms with van der Waals surface area (Å²) in [6.07, 6.45) is 1.30. The zero-order chi connectivity index (χ0) is 14.7. The van der Waals surface area contributed by atoms with Gasteiger partial charge in [0.05, 0.1) is 21.1 Å². The van der Waals surface area contributed by atoms with Crippen molar-refractivity contribution in [2.24, 2.45) is 0 Å². The average Bonchev–Trinajstić information content (AvgIpc) is 2.45. The molecular formula is C14H11Cl3N2O. The highest BCUT2D eigenvalue weighted by Gasteiger charge is 2.18. The molecule has 0 aliphatic rings. The smallest absolute Gasteiger partial charge is 0.271 e. The molecule has 104 valence electrons. The van der Waals surface area contributed by atoms with E-state index >= 15 is 0 Å². The third-order valence-corrected chi connectivity index (χ3v) is 4.02. The van der Waals surface area contributed by atoms with Gasteiger partial charge in [0.2, 0.25) is 0 Å².